The summed E-state index contributed by atoms with van der Waals surface area (Å²) in [6.45, 7) is 6.99. The molecule has 3 rings (SSSR count). The monoisotopic (exact) mass is 381 g/mol. The van der Waals surface area contributed by atoms with Crippen molar-refractivity contribution < 1.29 is 9.47 Å². The molecule has 0 bridgehead atoms. The molecule has 0 aliphatic carbocycles. The fourth-order valence-electron chi connectivity index (χ4n) is 2.50. The van der Waals surface area contributed by atoms with E-state index in [1.54, 1.807) is 7.11 Å². The van der Waals surface area contributed by atoms with Crippen molar-refractivity contribution in [1.82, 2.24) is 9.36 Å². The maximum absolute atomic E-state index is 5.89. The zero-order chi connectivity index (χ0) is 19.1. The number of ether oxygens (including phenoxy) is 2. The highest BCUT2D eigenvalue weighted by atomic mass is 32.1. The summed E-state index contributed by atoms with van der Waals surface area (Å²) in [5, 5.41) is 3.94. The van der Waals surface area contributed by atoms with E-state index < -0.39 is 0 Å². The zero-order valence-electron chi connectivity index (χ0n) is 15.6. The number of nitrogens with zero attached hydrogens (tertiary/aromatic N) is 2. The van der Waals surface area contributed by atoms with Gasteiger partial charge in [-0.2, -0.15) is 9.36 Å². The lowest BCUT2D eigenvalue weighted by molar-refractivity contribution is 0.308. The summed E-state index contributed by atoms with van der Waals surface area (Å²) in [7, 11) is 1.65. The van der Waals surface area contributed by atoms with Gasteiger partial charge in [0.1, 0.15) is 11.5 Å². The molecule has 0 aliphatic heterocycles. The minimum atomic E-state index is 0.672. The second-order valence-corrected chi connectivity index (χ2v) is 6.71. The van der Waals surface area contributed by atoms with E-state index in [0.29, 0.717) is 17.6 Å². The van der Waals surface area contributed by atoms with E-state index in [1.165, 1.54) is 11.5 Å². The number of rotatable bonds is 9. The zero-order valence-corrected chi connectivity index (χ0v) is 16.4. The van der Waals surface area contributed by atoms with Gasteiger partial charge >= 0.3 is 0 Å². The Morgan fingerprint density at radius 1 is 1.15 bits per heavy atom. The number of hydrogen-bond acceptors (Lipinski definition) is 6. The number of para-hydroxylation sites is 1. The molecule has 0 radical (unpaired) electrons. The van der Waals surface area contributed by atoms with E-state index in [-0.39, 0.29) is 0 Å². The molecule has 27 heavy (non-hydrogen) atoms. The van der Waals surface area contributed by atoms with Crippen molar-refractivity contribution in [3.63, 3.8) is 0 Å². The maximum atomic E-state index is 5.89. The first-order chi connectivity index (χ1) is 13.2. The number of benzene rings is 2. The summed E-state index contributed by atoms with van der Waals surface area (Å²) in [6.07, 6.45) is 2.12. The highest BCUT2D eigenvalue weighted by Gasteiger charge is 2.11. The molecule has 0 aliphatic rings. The minimum Gasteiger partial charge on any atom is -0.497 e. The minimum absolute atomic E-state index is 0.672. The number of nitrogens with one attached hydrogen (secondary N) is 1. The first-order valence-electron chi connectivity index (χ1n) is 8.87. The van der Waals surface area contributed by atoms with E-state index >= 15 is 0 Å². The van der Waals surface area contributed by atoms with Gasteiger partial charge in [-0.3, -0.25) is 0 Å². The third-order valence-corrected chi connectivity index (χ3v) is 4.63. The molecule has 1 heterocycles. The molecule has 0 fully saturated rings. The Kier molecular flexibility index (Phi) is 6.44. The molecule has 0 saturated carbocycles. The predicted octanol–water partition coefficient (Wildman–Crippen LogP) is 5.48. The van der Waals surface area contributed by atoms with Gasteiger partial charge in [-0.25, -0.2) is 0 Å². The summed E-state index contributed by atoms with van der Waals surface area (Å²) in [4.78, 5) is 4.56. The Bertz CT molecular complexity index is 890. The van der Waals surface area contributed by atoms with Crippen molar-refractivity contribution in [2.45, 2.75) is 19.8 Å². The van der Waals surface area contributed by atoms with Gasteiger partial charge in [-0.15, -0.1) is 0 Å². The third-order valence-electron chi connectivity index (χ3n) is 4.00. The quantitative estimate of drug-likeness (QED) is 0.498. The van der Waals surface area contributed by atoms with Crippen LogP contribution in [0.2, 0.25) is 0 Å². The van der Waals surface area contributed by atoms with Gasteiger partial charge in [0.2, 0.25) is 5.13 Å². The predicted molar refractivity (Wildman–Crippen MR) is 111 cm³/mol. The molecular formula is C21H23N3O2S. The topological polar surface area (TPSA) is 56.3 Å². The van der Waals surface area contributed by atoms with Crippen LogP contribution in [0.3, 0.4) is 0 Å². The van der Waals surface area contributed by atoms with Crippen molar-refractivity contribution in [3.8, 4) is 22.9 Å². The van der Waals surface area contributed by atoms with Gasteiger partial charge in [0.05, 0.1) is 13.7 Å². The third kappa shape index (κ3) is 4.86. The normalized spacial score (nSPS) is 10.4. The van der Waals surface area contributed by atoms with Crippen LogP contribution in [0.25, 0.3) is 17.1 Å². The molecule has 6 heteroatoms. The second kappa shape index (κ2) is 9.19. The van der Waals surface area contributed by atoms with E-state index in [9.17, 15) is 0 Å². The van der Waals surface area contributed by atoms with Gasteiger partial charge in [-0.1, -0.05) is 32.1 Å². The van der Waals surface area contributed by atoms with Crippen LogP contribution in [0.4, 0.5) is 5.13 Å². The first-order valence-corrected chi connectivity index (χ1v) is 9.65. The average molecular weight is 382 g/mol. The van der Waals surface area contributed by atoms with Crippen LogP contribution >= 0.6 is 11.5 Å². The van der Waals surface area contributed by atoms with Crippen molar-refractivity contribution in [2.24, 2.45) is 0 Å². The summed E-state index contributed by atoms with van der Waals surface area (Å²) in [5.74, 6) is 2.30. The standard InChI is InChI=1S/C21H23N3O2S/c1-4-5-14-26-19-9-7-6-8-18(19)15(2)22-21-23-20(24-27-21)16-10-12-17(25-3)13-11-16/h6-13H,2,4-5,14H2,1,3H3,(H,22,23,24). The lowest BCUT2D eigenvalue weighted by Gasteiger charge is -2.13. The van der Waals surface area contributed by atoms with Crippen LogP contribution < -0.4 is 14.8 Å². The number of hydrogen-bond donors (Lipinski definition) is 1. The van der Waals surface area contributed by atoms with Crippen molar-refractivity contribution in [3.05, 3.63) is 60.7 Å². The Labute approximate surface area is 163 Å². The molecule has 0 saturated heterocycles. The van der Waals surface area contributed by atoms with Gasteiger partial charge < -0.3 is 14.8 Å². The summed E-state index contributed by atoms with van der Waals surface area (Å²) in [5.41, 5.74) is 2.60. The van der Waals surface area contributed by atoms with Gasteiger partial charge in [-0.05, 0) is 42.8 Å². The van der Waals surface area contributed by atoms with Crippen molar-refractivity contribution in [2.75, 3.05) is 19.0 Å². The Morgan fingerprint density at radius 2 is 1.93 bits per heavy atom. The summed E-state index contributed by atoms with van der Waals surface area (Å²) >= 11 is 1.30. The lowest BCUT2D eigenvalue weighted by atomic mass is 10.1. The maximum Gasteiger partial charge on any atom is 0.207 e. The largest absolute Gasteiger partial charge is 0.497 e. The van der Waals surface area contributed by atoms with Crippen LogP contribution in [0.15, 0.2) is 55.1 Å². The van der Waals surface area contributed by atoms with Gasteiger partial charge in [0, 0.05) is 28.4 Å². The summed E-state index contributed by atoms with van der Waals surface area (Å²) < 4.78 is 15.5. The van der Waals surface area contributed by atoms with Crippen LogP contribution in [0.5, 0.6) is 11.5 Å². The number of methoxy groups -OCH3 is 1. The van der Waals surface area contributed by atoms with E-state index in [1.807, 2.05) is 48.5 Å². The molecule has 3 aromatic rings. The second-order valence-electron chi connectivity index (χ2n) is 5.95. The molecule has 1 aromatic heterocycles. The Morgan fingerprint density at radius 3 is 2.67 bits per heavy atom. The van der Waals surface area contributed by atoms with Gasteiger partial charge in [0.15, 0.2) is 5.82 Å². The molecule has 0 amide bonds. The fourth-order valence-corrected chi connectivity index (χ4v) is 3.11. The number of unbranched alkanes of at least 4 members (excludes halogenated alkanes) is 1. The smallest absolute Gasteiger partial charge is 0.207 e. The molecule has 0 atom stereocenters. The van der Waals surface area contributed by atoms with E-state index in [0.717, 1.165) is 41.2 Å². The van der Waals surface area contributed by atoms with Crippen LogP contribution in [-0.4, -0.2) is 23.1 Å². The molecule has 0 unspecified atom stereocenters. The molecule has 5 nitrogen and oxygen atoms in total. The SMILES string of the molecule is C=C(Nc1nc(-c2ccc(OC)cc2)ns1)c1ccccc1OCCCC. The van der Waals surface area contributed by atoms with Crippen molar-refractivity contribution >= 4 is 22.4 Å². The molecule has 1 N–H and O–H groups in total. The highest BCUT2D eigenvalue weighted by molar-refractivity contribution is 7.10. The van der Waals surface area contributed by atoms with Crippen molar-refractivity contribution in [1.29, 1.82) is 0 Å². The van der Waals surface area contributed by atoms with Crippen LogP contribution in [0.1, 0.15) is 25.3 Å². The summed E-state index contributed by atoms with van der Waals surface area (Å²) in [6, 6.07) is 15.6. The molecule has 140 valence electrons. The highest BCUT2D eigenvalue weighted by Crippen LogP contribution is 2.29. The Balaban J connectivity index is 1.71. The fraction of sp³-hybridized carbons (Fsp3) is 0.238. The molecule has 2 aromatic carbocycles. The lowest BCUT2D eigenvalue weighted by Crippen LogP contribution is -2.03. The number of anilines is 1. The van der Waals surface area contributed by atoms with Gasteiger partial charge in [0.25, 0.3) is 0 Å². The molecular weight excluding hydrogens is 358 g/mol. The van der Waals surface area contributed by atoms with E-state index in [2.05, 4.69) is 28.2 Å². The Hall–Kier alpha value is -2.86. The molecule has 0 spiro atoms. The number of aromatic nitrogens is 2. The van der Waals surface area contributed by atoms with E-state index in [4.69, 9.17) is 9.47 Å². The van der Waals surface area contributed by atoms with Crippen LogP contribution in [0, 0.1) is 0 Å². The first kappa shape index (κ1) is 18.9. The van der Waals surface area contributed by atoms with Crippen LogP contribution in [-0.2, 0) is 0 Å². The average Bonchev–Trinajstić information content (AvgIpc) is 3.17.